The summed E-state index contributed by atoms with van der Waals surface area (Å²) in [5, 5.41) is 10.1. The van der Waals surface area contributed by atoms with Crippen LogP contribution in [0.1, 0.15) is 53.4 Å². The van der Waals surface area contributed by atoms with Gasteiger partial charge in [-0.05, 0) is 52.4 Å². The van der Waals surface area contributed by atoms with Crippen molar-refractivity contribution in [2.75, 3.05) is 0 Å². The van der Waals surface area contributed by atoms with Gasteiger partial charge in [0.15, 0.2) is 0 Å². The molecule has 0 aliphatic heterocycles. The van der Waals surface area contributed by atoms with Crippen LogP contribution in [0.3, 0.4) is 0 Å². The largest absolute Gasteiger partial charge is 0.390 e. The van der Waals surface area contributed by atoms with Crippen molar-refractivity contribution in [2.24, 2.45) is 11.8 Å². The molecule has 0 amide bonds. The van der Waals surface area contributed by atoms with Crippen molar-refractivity contribution in [1.82, 2.24) is 0 Å². The van der Waals surface area contributed by atoms with Crippen LogP contribution in [0.5, 0.6) is 0 Å². The summed E-state index contributed by atoms with van der Waals surface area (Å²) in [6, 6.07) is 0. The molecule has 1 N–H and O–H groups in total. The van der Waals surface area contributed by atoms with E-state index in [4.69, 9.17) is 0 Å². The molecule has 0 unspecified atom stereocenters. The Morgan fingerprint density at radius 1 is 1.25 bits per heavy atom. The fourth-order valence-electron chi connectivity index (χ4n) is 2.18. The number of allylic oxidation sites excluding steroid dienone is 3. The molecule has 0 saturated carbocycles. The molecule has 1 aliphatic carbocycles. The zero-order valence-electron chi connectivity index (χ0n) is 11.2. The number of hydrogen-bond donors (Lipinski definition) is 1. The van der Waals surface area contributed by atoms with Crippen LogP contribution < -0.4 is 0 Å². The second-order valence-electron chi connectivity index (χ2n) is 5.79. The number of aliphatic hydroxyl groups is 1. The third-order valence-corrected chi connectivity index (χ3v) is 3.54. The van der Waals surface area contributed by atoms with Gasteiger partial charge in [0.05, 0.1) is 5.60 Å². The van der Waals surface area contributed by atoms with Gasteiger partial charge in [-0.15, -0.1) is 0 Å². The topological polar surface area (TPSA) is 20.2 Å². The van der Waals surface area contributed by atoms with E-state index in [0.29, 0.717) is 5.92 Å². The highest BCUT2D eigenvalue weighted by molar-refractivity contribution is 5.05. The van der Waals surface area contributed by atoms with Crippen molar-refractivity contribution in [3.63, 3.8) is 0 Å². The third kappa shape index (κ3) is 4.52. The molecule has 1 heteroatoms. The van der Waals surface area contributed by atoms with Gasteiger partial charge in [-0.25, -0.2) is 0 Å². The van der Waals surface area contributed by atoms with Gasteiger partial charge in [-0.1, -0.05) is 30.7 Å². The van der Waals surface area contributed by atoms with Crippen molar-refractivity contribution < 1.29 is 5.11 Å². The van der Waals surface area contributed by atoms with Gasteiger partial charge in [0.25, 0.3) is 0 Å². The fraction of sp³-hybridized carbons (Fsp3) is 0.733. The highest BCUT2D eigenvalue weighted by atomic mass is 16.3. The van der Waals surface area contributed by atoms with Gasteiger partial charge in [-0.2, -0.15) is 0 Å². The molecule has 1 aliphatic rings. The van der Waals surface area contributed by atoms with Gasteiger partial charge >= 0.3 is 0 Å². The van der Waals surface area contributed by atoms with Crippen LogP contribution in [0.4, 0.5) is 0 Å². The van der Waals surface area contributed by atoms with E-state index in [1.165, 1.54) is 18.4 Å². The van der Waals surface area contributed by atoms with Crippen molar-refractivity contribution >= 4 is 0 Å². The molecule has 0 radical (unpaired) electrons. The van der Waals surface area contributed by atoms with Crippen LogP contribution in [0.25, 0.3) is 0 Å². The lowest BCUT2D eigenvalue weighted by atomic mass is 9.84. The molecule has 0 fully saturated rings. The summed E-state index contributed by atoms with van der Waals surface area (Å²) in [5.41, 5.74) is 0.868. The van der Waals surface area contributed by atoms with Crippen molar-refractivity contribution in [3.05, 3.63) is 23.8 Å². The van der Waals surface area contributed by atoms with Crippen molar-refractivity contribution in [1.29, 1.82) is 0 Å². The summed E-state index contributed by atoms with van der Waals surface area (Å²) in [6.07, 6.45) is 11.4. The van der Waals surface area contributed by atoms with E-state index >= 15 is 0 Å². The molecule has 1 nitrogen and oxygen atoms in total. The minimum atomic E-state index is -0.601. The van der Waals surface area contributed by atoms with E-state index in [9.17, 15) is 5.11 Å². The monoisotopic (exact) mass is 222 g/mol. The maximum absolute atomic E-state index is 10.1. The predicted molar refractivity (Wildman–Crippen MR) is 70.3 cm³/mol. The molecular formula is C15H26O. The van der Waals surface area contributed by atoms with E-state index < -0.39 is 5.60 Å². The SMILES string of the molecule is C/C1=C/CC[C@H](C)/C=C/[C@H](C(C)(C)O)CC1. The molecule has 0 aromatic heterocycles. The zero-order valence-corrected chi connectivity index (χ0v) is 11.2. The maximum Gasteiger partial charge on any atom is 0.0654 e. The van der Waals surface area contributed by atoms with Gasteiger partial charge in [0, 0.05) is 5.92 Å². The molecule has 16 heavy (non-hydrogen) atoms. The van der Waals surface area contributed by atoms with Crippen LogP contribution in [0.15, 0.2) is 23.8 Å². The van der Waals surface area contributed by atoms with Gasteiger partial charge in [-0.3, -0.25) is 0 Å². The summed E-state index contributed by atoms with van der Waals surface area (Å²) >= 11 is 0. The summed E-state index contributed by atoms with van der Waals surface area (Å²) in [6.45, 7) is 8.29. The Morgan fingerprint density at radius 2 is 1.94 bits per heavy atom. The molecule has 0 spiro atoms. The van der Waals surface area contributed by atoms with Crippen molar-refractivity contribution in [2.45, 2.75) is 59.0 Å². The first-order valence-electron chi connectivity index (χ1n) is 6.46. The van der Waals surface area contributed by atoms with Crippen LogP contribution in [0, 0.1) is 11.8 Å². The minimum Gasteiger partial charge on any atom is -0.390 e. The Balaban J connectivity index is 2.76. The quantitative estimate of drug-likeness (QED) is 0.663. The maximum atomic E-state index is 10.1. The smallest absolute Gasteiger partial charge is 0.0654 e. The summed E-state index contributed by atoms with van der Waals surface area (Å²) in [4.78, 5) is 0. The molecule has 0 saturated heterocycles. The standard InChI is InChI=1S/C15H26O/c1-12-6-5-7-13(2)9-11-14(10-8-12)15(3,4)16/h6,9,11,13-14,16H,5,7-8,10H2,1-4H3/b11-9+,12-6-/t13-,14+/m0/s1. The predicted octanol–water partition coefficient (Wildman–Crippen LogP) is 4.09. The van der Waals surface area contributed by atoms with Gasteiger partial charge in [0.2, 0.25) is 0 Å². The molecule has 2 atom stereocenters. The van der Waals surface area contributed by atoms with Crippen LogP contribution >= 0.6 is 0 Å². The van der Waals surface area contributed by atoms with Gasteiger partial charge < -0.3 is 5.11 Å². The van der Waals surface area contributed by atoms with E-state index in [2.05, 4.69) is 32.1 Å². The molecule has 92 valence electrons. The number of hydrogen-bond acceptors (Lipinski definition) is 1. The summed E-state index contributed by atoms with van der Waals surface area (Å²) in [7, 11) is 0. The zero-order chi connectivity index (χ0) is 12.2. The summed E-state index contributed by atoms with van der Waals surface area (Å²) in [5.74, 6) is 0.892. The molecule has 1 rings (SSSR count). The average Bonchev–Trinajstić information content (AvgIpc) is 2.15. The van der Waals surface area contributed by atoms with E-state index in [1.54, 1.807) is 0 Å². The Morgan fingerprint density at radius 3 is 2.56 bits per heavy atom. The first-order chi connectivity index (χ1) is 7.39. The summed E-state index contributed by atoms with van der Waals surface area (Å²) < 4.78 is 0. The highest BCUT2D eigenvalue weighted by Crippen LogP contribution is 2.27. The van der Waals surface area contributed by atoms with Crippen LogP contribution in [0.2, 0.25) is 0 Å². The normalized spacial score (nSPS) is 33.9. The number of rotatable bonds is 1. The average molecular weight is 222 g/mol. The minimum absolute atomic E-state index is 0.274. The Bertz CT molecular complexity index is 268. The lowest BCUT2D eigenvalue weighted by molar-refractivity contribution is 0.0336. The van der Waals surface area contributed by atoms with Crippen LogP contribution in [-0.2, 0) is 0 Å². The first-order valence-corrected chi connectivity index (χ1v) is 6.46. The third-order valence-electron chi connectivity index (χ3n) is 3.54. The van der Waals surface area contributed by atoms with E-state index in [-0.39, 0.29) is 5.92 Å². The lowest BCUT2D eigenvalue weighted by Gasteiger charge is -2.27. The molecule has 0 heterocycles. The second-order valence-corrected chi connectivity index (χ2v) is 5.79. The second kappa shape index (κ2) is 5.67. The Labute approximate surface area is 100 Å². The molecular weight excluding hydrogens is 196 g/mol. The highest BCUT2D eigenvalue weighted by Gasteiger charge is 2.24. The Hall–Kier alpha value is -0.560. The molecule has 0 bridgehead atoms. The van der Waals surface area contributed by atoms with Crippen LogP contribution in [-0.4, -0.2) is 10.7 Å². The molecule has 0 aromatic carbocycles. The van der Waals surface area contributed by atoms with E-state index in [1.807, 2.05) is 13.8 Å². The molecule has 0 aromatic rings. The van der Waals surface area contributed by atoms with Crippen molar-refractivity contribution in [3.8, 4) is 0 Å². The fourth-order valence-corrected chi connectivity index (χ4v) is 2.18. The first kappa shape index (κ1) is 13.5. The Kier molecular flexibility index (Phi) is 4.79. The van der Waals surface area contributed by atoms with Gasteiger partial charge in [0.1, 0.15) is 0 Å². The lowest BCUT2D eigenvalue weighted by Crippen LogP contribution is -2.29. The van der Waals surface area contributed by atoms with E-state index in [0.717, 1.165) is 12.8 Å².